The minimum Gasteiger partial charge on any atom is -0.469 e. The number of halogens is 1. The van der Waals surface area contributed by atoms with Crippen molar-refractivity contribution in [3.63, 3.8) is 0 Å². The summed E-state index contributed by atoms with van der Waals surface area (Å²) in [5.74, 6) is 1.28. The fraction of sp³-hybridized carbons (Fsp3) is 0.231. The van der Waals surface area contributed by atoms with Gasteiger partial charge in [0.05, 0.1) is 6.26 Å². The van der Waals surface area contributed by atoms with Gasteiger partial charge < -0.3 is 10.2 Å². The molecule has 86 valence electrons. The van der Waals surface area contributed by atoms with Crippen LogP contribution < -0.4 is 5.73 Å². The zero-order chi connectivity index (χ0) is 10.5. The molecule has 0 radical (unpaired) electrons. The van der Waals surface area contributed by atoms with Crippen molar-refractivity contribution in [2.45, 2.75) is 12.3 Å². The average Bonchev–Trinajstić information content (AvgIpc) is 2.80. The summed E-state index contributed by atoms with van der Waals surface area (Å²) in [5, 5.41) is 0. The van der Waals surface area contributed by atoms with E-state index in [1.54, 1.807) is 6.26 Å². The zero-order valence-corrected chi connectivity index (χ0v) is 9.82. The summed E-state index contributed by atoms with van der Waals surface area (Å²) in [6.07, 6.45) is 2.62. The highest BCUT2D eigenvalue weighted by Gasteiger charge is 2.15. The lowest BCUT2D eigenvalue weighted by Gasteiger charge is -2.13. The molecule has 1 heterocycles. The van der Waals surface area contributed by atoms with E-state index < -0.39 is 0 Å². The van der Waals surface area contributed by atoms with E-state index in [1.165, 1.54) is 5.56 Å². The van der Waals surface area contributed by atoms with Crippen LogP contribution in [-0.4, -0.2) is 6.54 Å². The van der Waals surface area contributed by atoms with Crippen molar-refractivity contribution in [2.75, 3.05) is 6.54 Å². The van der Waals surface area contributed by atoms with E-state index in [0.29, 0.717) is 6.54 Å². The van der Waals surface area contributed by atoms with Crippen LogP contribution in [0.15, 0.2) is 53.1 Å². The van der Waals surface area contributed by atoms with Crippen LogP contribution in [0.1, 0.15) is 23.7 Å². The quantitative estimate of drug-likeness (QED) is 0.887. The Balaban J connectivity index is 0.00000128. The maximum absolute atomic E-state index is 5.63. The predicted octanol–water partition coefficient (Wildman–Crippen LogP) is 3.18. The molecule has 0 amide bonds. The van der Waals surface area contributed by atoms with E-state index >= 15 is 0 Å². The van der Waals surface area contributed by atoms with Gasteiger partial charge in [0.25, 0.3) is 0 Å². The standard InChI is InChI=1S/C13H15NO.ClH/c14-9-8-12(13-7-4-10-15-13)11-5-2-1-3-6-11;/h1-7,10,12H,8-9,14H2;1H. The SMILES string of the molecule is Cl.NCCC(c1ccccc1)c1ccco1. The second-order valence-corrected chi connectivity index (χ2v) is 3.56. The Bertz CT molecular complexity index is 386. The summed E-state index contributed by atoms with van der Waals surface area (Å²) in [6, 6.07) is 14.3. The molecule has 0 saturated carbocycles. The van der Waals surface area contributed by atoms with Crippen LogP contribution in [0.25, 0.3) is 0 Å². The van der Waals surface area contributed by atoms with Crippen LogP contribution in [0.2, 0.25) is 0 Å². The second-order valence-electron chi connectivity index (χ2n) is 3.56. The van der Waals surface area contributed by atoms with Gasteiger partial charge in [0.2, 0.25) is 0 Å². The summed E-state index contributed by atoms with van der Waals surface area (Å²) in [6.45, 7) is 0.667. The zero-order valence-electron chi connectivity index (χ0n) is 9.00. The van der Waals surface area contributed by atoms with Crippen LogP contribution in [0.3, 0.4) is 0 Å². The van der Waals surface area contributed by atoms with Crippen LogP contribution in [0.4, 0.5) is 0 Å². The number of nitrogens with two attached hydrogens (primary N) is 1. The number of hydrogen-bond acceptors (Lipinski definition) is 2. The summed E-state index contributed by atoms with van der Waals surface area (Å²) in [4.78, 5) is 0. The van der Waals surface area contributed by atoms with Crippen LogP contribution in [0.5, 0.6) is 0 Å². The Morgan fingerprint density at radius 3 is 2.38 bits per heavy atom. The third kappa shape index (κ3) is 2.87. The molecular weight excluding hydrogens is 222 g/mol. The van der Waals surface area contributed by atoms with Crippen molar-refractivity contribution >= 4 is 12.4 Å². The molecular formula is C13H16ClNO. The fourth-order valence-electron chi connectivity index (χ4n) is 1.81. The highest BCUT2D eigenvalue weighted by molar-refractivity contribution is 5.85. The van der Waals surface area contributed by atoms with Crippen molar-refractivity contribution in [3.8, 4) is 0 Å². The molecule has 2 nitrogen and oxygen atoms in total. The highest BCUT2D eigenvalue weighted by atomic mass is 35.5. The van der Waals surface area contributed by atoms with E-state index in [0.717, 1.165) is 12.2 Å². The molecule has 1 unspecified atom stereocenters. The third-order valence-corrected chi connectivity index (χ3v) is 2.54. The van der Waals surface area contributed by atoms with Gasteiger partial charge in [0.1, 0.15) is 5.76 Å². The van der Waals surface area contributed by atoms with E-state index in [1.807, 2.05) is 30.3 Å². The Kier molecular flexibility index (Phi) is 5.09. The van der Waals surface area contributed by atoms with Gasteiger partial charge in [-0.15, -0.1) is 12.4 Å². The number of rotatable bonds is 4. The second kappa shape index (κ2) is 6.36. The summed E-state index contributed by atoms with van der Waals surface area (Å²) < 4.78 is 5.45. The van der Waals surface area contributed by atoms with E-state index in [-0.39, 0.29) is 18.3 Å². The number of furan rings is 1. The molecule has 3 heteroatoms. The number of benzene rings is 1. The van der Waals surface area contributed by atoms with Crippen LogP contribution in [-0.2, 0) is 0 Å². The van der Waals surface area contributed by atoms with Gasteiger partial charge in [-0.1, -0.05) is 30.3 Å². The van der Waals surface area contributed by atoms with Crippen molar-refractivity contribution in [1.29, 1.82) is 0 Å². The highest BCUT2D eigenvalue weighted by Crippen LogP contribution is 2.27. The smallest absolute Gasteiger partial charge is 0.111 e. The van der Waals surface area contributed by atoms with Gasteiger partial charge >= 0.3 is 0 Å². The summed E-state index contributed by atoms with van der Waals surface area (Å²) >= 11 is 0. The lowest BCUT2D eigenvalue weighted by Crippen LogP contribution is -2.08. The first-order chi connectivity index (χ1) is 7.42. The lowest BCUT2D eigenvalue weighted by molar-refractivity contribution is 0.476. The van der Waals surface area contributed by atoms with Crippen molar-refractivity contribution in [2.24, 2.45) is 5.73 Å². The van der Waals surface area contributed by atoms with E-state index in [9.17, 15) is 0 Å². The molecule has 16 heavy (non-hydrogen) atoms. The molecule has 1 atom stereocenters. The topological polar surface area (TPSA) is 39.2 Å². The fourth-order valence-corrected chi connectivity index (χ4v) is 1.81. The number of hydrogen-bond donors (Lipinski definition) is 1. The molecule has 2 N–H and O–H groups in total. The molecule has 0 aliphatic carbocycles. The molecule has 0 bridgehead atoms. The average molecular weight is 238 g/mol. The Labute approximate surface area is 102 Å². The van der Waals surface area contributed by atoms with Gasteiger partial charge in [0, 0.05) is 5.92 Å². The van der Waals surface area contributed by atoms with E-state index in [4.69, 9.17) is 10.2 Å². The molecule has 0 saturated heterocycles. The van der Waals surface area contributed by atoms with Gasteiger partial charge in [-0.2, -0.15) is 0 Å². The molecule has 0 aliphatic rings. The summed E-state index contributed by atoms with van der Waals surface area (Å²) in [5.41, 5.74) is 6.89. The van der Waals surface area contributed by atoms with Gasteiger partial charge in [-0.3, -0.25) is 0 Å². The van der Waals surface area contributed by atoms with Gasteiger partial charge in [-0.05, 0) is 30.7 Å². The molecule has 0 fully saturated rings. The minimum atomic E-state index is 0. The van der Waals surface area contributed by atoms with Gasteiger partial charge in [0.15, 0.2) is 0 Å². The maximum atomic E-state index is 5.63. The van der Waals surface area contributed by atoms with Crippen LogP contribution >= 0.6 is 12.4 Å². The van der Waals surface area contributed by atoms with Crippen LogP contribution in [0, 0.1) is 0 Å². The minimum absolute atomic E-state index is 0. The maximum Gasteiger partial charge on any atom is 0.111 e. The Morgan fingerprint density at radius 1 is 1.06 bits per heavy atom. The first-order valence-corrected chi connectivity index (χ1v) is 5.20. The van der Waals surface area contributed by atoms with Crippen molar-refractivity contribution in [3.05, 3.63) is 60.1 Å². The first-order valence-electron chi connectivity index (χ1n) is 5.20. The molecule has 1 aromatic heterocycles. The monoisotopic (exact) mass is 237 g/mol. The molecule has 1 aromatic carbocycles. The third-order valence-electron chi connectivity index (χ3n) is 2.54. The lowest BCUT2D eigenvalue weighted by atomic mass is 9.93. The van der Waals surface area contributed by atoms with Crippen molar-refractivity contribution in [1.82, 2.24) is 0 Å². The molecule has 2 aromatic rings. The Hall–Kier alpha value is -1.25. The molecule has 0 aliphatic heterocycles. The van der Waals surface area contributed by atoms with Crippen molar-refractivity contribution < 1.29 is 4.42 Å². The largest absolute Gasteiger partial charge is 0.469 e. The normalized spacial score (nSPS) is 11.8. The molecule has 2 rings (SSSR count). The summed E-state index contributed by atoms with van der Waals surface area (Å²) in [7, 11) is 0. The molecule has 0 spiro atoms. The predicted molar refractivity (Wildman–Crippen MR) is 67.9 cm³/mol. The Morgan fingerprint density at radius 2 is 1.81 bits per heavy atom. The van der Waals surface area contributed by atoms with E-state index in [2.05, 4.69) is 12.1 Å². The first kappa shape index (κ1) is 12.8. The van der Waals surface area contributed by atoms with Gasteiger partial charge in [-0.25, -0.2) is 0 Å².